The quantitative estimate of drug-likeness (QED) is 0.590. The SMILES string of the molecule is Cc1cccc(C)c1NC(=O)c1cc(C)n(-c2ccccc2C(F)(F)F)c1C. The number of rotatable bonds is 3. The van der Waals surface area contributed by atoms with Crippen LogP contribution in [-0.4, -0.2) is 10.5 Å². The number of carbonyl (C=O) groups is 1. The summed E-state index contributed by atoms with van der Waals surface area (Å²) in [6, 6.07) is 12.7. The average Bonchev–Trinajstić information content (AvgIpc) is 2.92. The molecule has 0 saturated heterocycles. The van der Waals surface area contributed by atoms with Crippen LogP contribution < -0.4 is 5.32 Å². The first-order chi connectivity index (χ1) is 13.1. The van der Waals surface area contributed by atoms with Gasteiger partial charge in [-0.3, -0.25) is 4.79 Å². The first kappa shape index (κ1) is 19.7. The normalized spacial score (nSPS) is 11.5. The van der Waals surface area contributed by atoms with Gasteiger partial charge in [0.1, 0.15) is 0 Å². The van der Waals surface area contributed by atoms with Gasteiger partial charge in [-0.05, 0) is 57.0 Å². The Bertz CT molecular complexity index is 1030. The molecular formula is C22H21F3N2O. The molecule has 1 heterocycles. The van der Waals surface area contributed by atoms with E-state index in [-0.39, 0.29) is 11.6 Å². The highest BCUT2D eigenvalue weighted by Gasteiger charge is 2.34. The van der Waals surface area contributed by atoms with E-state index in [1.165, 1.54) is 16.7 Å². The van der Waals surface area contributed by atoms with Gasteiger partial charge in [-0.2, -0.15) is 13.2 Å². The number of amides is 1. The van der Waals surface area contributed by atoms with Gasteiger partial charge in [-0.25, -0.2) is 0 Å². The van der Waals surface area contributed by atoms with E-state index in [1.54, 1.807) is 26.0 Å². The van der Waals surface area contributed by atoms with Crippen molar-refractivity contribution < 1.29 is 18.0 Å². The van der Waals surface area contributed by atoms with Gasteiger partial charge in [0.25, 0.3) is 5.91 Å². The third-order valence-electron chi connectivity index (χ3n) is 4.85. The van der Waals surface area contributed by atoms with Crippen molar-refractivity contribution in [2.75, 3.05) is 5.32 Å². The third kappa shape index (κ3) is 3.54. The van der Waals surface area contributed by atoms with E-state index in [2.05, 4.69) is 5.32 Å². The number of benzene rings is 2. The first-order valence-electron chi connectivity index (χ1n) is 8.84. The van der Waals surface area contributed by atoms with E-state index in [4.69, 9.17) is 0 Å². The second-order valence-corrected chi connectivity index (χ2v) is 6.86. The van der Waals surface area contributed by atoms with Crippen LogP contribution >= 0.6 is 0 Å². The van der Waals surface area contributed by atoms with Crippen LogP contribution in [0.2, 0.25) is 0 Å². The van der Waals surface area contributed by atoms with Crippen molar-refractivity contribution in [2.45, 2.75) is 33.9 Å². The average molecular weight is 386 g/mol. The number of hydrogen-bond acceptors (Lipinski definition) is 1. The molecule has 1 amide bonds. The standard InChI is InChI=1S/C22H21F3N2O/c1-13-8-7-9-14(2)20(13)26-21(28)17-12-15(3)27(16(17)4)19-11-6-5-10-18(19)22(23,24)25/h5-12H,1-4H3,(H,26,28). The van der Waals surface area contributed by atoms with Crippen molar-refractivity contribution in [3.8, 4) is 5.69 Å². The Kier molecular flexibility index (Phi) is 5.06. The van der Waals surface area contributed by atoms with Gasteiger partial charge in [-0.1, -0.05) is 30.3 Å². The number of hydrogen-bond donors (Lipinski definition) is 1. The van der Waals surface area contributed by atoms with E-state index >= 15 is 0 Å². The molecule has 28 heavy (non-hydrogen) atoms. The van der Waals surface area contributed by atoms with Crippen molar-refractivity contribution >= 4 is 11.6 Å². The maximum atomic E-state index is 13.4. The molecule has 0 radical (unpaired) electrons. The summed E-state index contributed by atoms with van der Waals surface area (Å²) in [4.78, 5) is 12.9. The molecule has 3 rings (SSSR count). The summed E-state index contributed by atoms with van der Waals surface area (Å²) in [5.74, 6) is -0.346. The minimum atomic E-state index is -4.49. The number of halogens is 3. The lowest BCUT2D eigenvalue weighted by Gasteiger charge is -2.17. The lowest BCUT2D eigenvalue weighted by atomic mass is 10.1. The molecule has 3 nitrogen and oxygen atoms in total. The highest BCUT2D eigenvalue weighted by atomic mass is 19.4. The fourth-order valence-electron chi connectivity index (χ4n) is 3.46. The molecule has 0 unspecified atom stereocenters. The Hall–Kier alpha value is -3.02. The fraction of sp³-hybridized carbons (Fsp3) is 0.227. The predicted molar refractivity (Wildman–Crippen MR) is 104 cm³/mol. The molecule has 1 N–H and O–H groups in total. The topological polar surface area (TPSA) is 34.0 Å². The Labute approximate surface area is 161 Å². The van der Waals surface area contributed by atoms with Crippen LogP contribution in [0.5, 0.6) is 0 Å². The second kappa shape index (κ2) is 7.19. The van der Waals surface area contributed by atoms with Crippen LogP contribution in [0.1, 0.15) is 38.4 Å². The molecule has 0 aliphatic heterocycles. The number of aryl methyl sites for hydroxylation is 3. The Morgan fingerprint density at radius 1 is 0.929 bits per heavy atom. The summed E-state index contributed by atoms with van der Waals surface area (Å²) >= 11 is 0. The van der Waals surface area contributed by atoms with Gasteiger partial charge in [-0.15, -0.1) is 0 Å². The van der Waals surface area contributed by atoms with E-state index in [0.717, 1.165) is 17.2 Å². The smallest absolute Gasteiger partial charge is 0.321 e. The van der Waals surface area contributed by atoms with Crippen molar-refractivity contribution in [3.63, 3.8) is 0 Å². The van der Waals surface area contributed by atoms with Crippen molar-refractivity contribution in [3.05, 3.63) is 82.2 Å². The number of alkyl halides is 3. The third-order valence-corrected chi connectivity index (χ3v) is 4.85. The monoisotopic (exact) mass is 386 g/mol. The number of aromatic nitrogens is 1. The lowest BCUT2D eigenvalue weighted by molar-refractivity contribution is -0.137. The minimum Gasteiger partial charge on any atom is -0.321 e. The summed E-state index contributed by atoms with van der Waals surface area (Å²) < 4.78 is 41.8. The molecule has 1 aromatic heterocycles. The number of anilines is 1. The molecule has 0 atom stereocenters. The predicted octanol–water partition coefficient (Wildman–Crippen LogP) is 5.98. The van der Waals surface area contributed by atoms with Crippen LogP contribution in [0.15, 0.2) is 48.5 Å². The summed E-state index contributed by atoms with van der Waals surface area (Å²) in [5, 5.41) is 2.90. The number of carbonyl (C=O) groups excluding carboxylic acids is 1. The van der Waals surface area contributed by atoms with Gasteiger partial charge >= 0.3 is 6.18 Å². The highest BCUT2D eigenvalue weighted by molar-refractivity contribution is 6.06. The maximum Gasteiger partial charge on any atom is 0.418 e. The van der Waals surface area contributed by atoms with Crippen molar-refractivity contribution in [1.82, 2.24) is 4.57 Å². The Morgan fingerprint density at radius 3 is 2.14 bits per heavy atom. The van der Waals surface area contributed by atoms with E-state index in [1.807, 2.05) is 32.0 Å². The van der Waals surface area contributed by atoms with Crippen LogP contribution in [0, 0.1) is 27.7 Å². The highest BCUT2D eigenvalue weighted by Crippen LogP contribution is 2.35. The zero-order valence-electron chi connectivity index (χ0n) is 16.1. The lowest BCUT2D eigenvalue weighted by Crippen LogP contribution is -2.16. The molecule has 0 aliphatic carbocycles. The van der Waals surface area contributed by atoms with Gasteiger partial charge in [0.2, 0.25) is 0 Å². The summed E-state index contributed by atoms with van der Waals surface area (Å²) in [6.07, 6.45) is -4.49. The Balaban J connectivity index is 2.06. The molecule has 3 aromatic rings. The minimum absolute atomic E-state index is 0.0103. The summed E-state index contributed by atoms with van der Waals surface area (Å²) in [7, 11) is 0. The van der Waals surface area contributed by atoms with E-state index in [0.29, 0.717) is 22.6 Å². The molecule has 0 saturated carbocycles. The van der Waals surface area contributed by atoms with Gasteiger partial charge in [0.05, 0.1) is 16.8 Å². The van der Waals surface area contributed by atoms with Gasteiger partial charge in [0.15, 0.2) is 0 Å². The van der Waals surface area contributed by atoms with E-state index in [9.17, 15) is 18.0 Å². The molecule has 0 spiro atoms. The molecule has 146 valence electrons. The summed E-state index contributed by atoms with van der Waals surface area (Å²) in [5.41, 5.74) is 3.19. The number of nitrogens with one attached hydrogen (secondary N) is 1. The Morgan fingerprint density at radius 2 is 1.54 bits per heavy atom. The molecule has 6 heteroatoms. The van der Waals surface area contributed by atoms with Crippen molar-refractivity contribution in [1.29, 1.82) is 0 Å². The molecule has 0 bridgehead atoms. The largest absolute Gasteiger partial charge is 0.418 e. The van der Waals surface area contributed by atoms with Crippen LogP contribution in [0.25, 0.3) is 5.69 Å². The molecular weight excluding hydrogens is 365 g/mol. The molecule has 2 aromatic carbocycles. The summed E-state index contributed by atoms with van der Waals surface area (Å²) in [6.45, 7) is 7.13. The van der Waals surface area contributed by atoms with Gasteiger partial charge in [0, 0.05) is 17.1 Å². The molecule has 0 aliphatic rings. The van der Waals surface area contributed by atoms with Gasteiger partial charge < -0.3 is 9.88 Å². The number of para-hydroxylation sites is 2. The fourth-order valence-corrected chi connectivity index (χ4v) is 3.46. The van der Waals surface area contributed by atoms with Crippen molar-refractivity contribution in [2.24, 2.45) is 0 Å². The maximum absolute atomic E-state index is 13.4. The molecule has 0 fully saturated rings. The van der Waals surface area contributed by atoms with E-state index < -0.39 is 11.7 Å². The van der Waals surface area contributed by atoms with Crippen LogP contribution in [0.3, 0.4) is 0 Å². The number of nitrogens with zero attached hydrogens (tertiary/aromatic N) is 1. The van der Waals surface area contributed by atoms with Crippen LogP contribution in [-0.2, 0) is 6.18 Å². The van der Waals surface area contributed by atoms with Crippen LogP contribution in [0.4, 0.5) is 18.9 Å². The zero-order valence-corrected chi connectivity index (χ0v) is 16.1. The zero-order chi connectivity index (χ0) is 20.6. The first-order valence-corrected chi connectivity index (χ1v) is 8.84. The second-order valence-electron chi connectivity index (χ2n) is 6.86.